The van der Waals surface area contributed by atoms with Crippen molar-refractivity contribution in [3.8, 4) is 0 Å². The topological polar surface area (TPSA) is 78.7 Å². The van der Waals surface area contributed by atoms with E-state index in [-0.39, 0.29) is 17.7 Å². The average molecular weight is 300 g/mol. The van der Waals surface area contributed by atoms with Gasteiger partial charge in [-0.1, -0.05) is 12.2 Å². The fraction of sp³-hybridized carbons (Fsp3) is 0.769. The van der Waals surface area contributed by atoms with Crippen molar-refractivity contribution in [1.29, 1.82) is 0 Å². The summed E-state index contributed by atoms with van der Waals surface area (Å²) in [5.74, 6) is 0.0891. The van der Waals surface area contributed by atoms with Gasteiger partial charge in [0.25, 0.3) is 0 Å². The molecule has 0 aromatic rings. The van der Waals surface area contributed by atoms with Crippen LogP contribution in [-0.4, -0.2) is 66.9 Å². The number of carbonyl (C=O) groups is 2. The van der Waals surface area contributed by atoms with Crippen LogP contribution in [0.25, 0.3) is 0 Å². The van der Waals surface area contributed by atoms with E-state index in [2.05, 4.69) is 5.32 Å². The van der Waals surface area contributed by atoms with Gasteiger partial charge in [-0.25, -0.2) is 0 Å². The molecule has 1 atom stereocenters. The largest absolute Gasteiger partial charge is 0.393 e. The maximum atomic E-state index is 12.1. The maximum absolute atomic E-state index is 12.1. The molecule has 0 bridgehead atoms. The number of nitrogens with zero attached hydrogens (tertiary/aromatic N) is 2. The quantitative estimate of drug-likeness (QED) is 0.651. The van der Waals surface area contributed by atoms with Crippen LogP contribution < -0.4 is 11.1 Å². The van der Waals surface area contributed by atoms with Crippen LogP contribution in [0.1, 0.15) is 19.3 Å². The molecule has 1 aliphatic rings. The summed E-state index contributed by atoms with van der Waals surface area (Å²) in [4.78, 5) is 27.8. The summed E-state index contributed by atoms with van der Waals surface area (Å²) < 4.78 is 0. The highest BCUT2D eigenvalue weighted by atomic mass is 32.1. The zero-order chi connectivity index (χ0) is 15.1. The number of nitrogens with two attached hydrogens (primary N) is 1. The average Bonchev–Trinajstić information content (AvgIpc) is 2.43. The van der Waals surface area contributed by atoms with E-state index in [4.69, 9.17) is 18.0 Å². The molecule has 0 spiro atoms. The van der Waals surface area contributed by atoms with Gasteiger partial charge >= 0.3 is 0 Å². The van der Waals surface area contributed by atoms with E-state index in [0.717, 1.165) is 19.4 Å². The van der Waals surface area contributed by atoms with Gasteiger partial charge in [0.2, 0.25) is 11.8 Å². The van der Waals surface area contributed by atoms with E-state index >= 15 is 0 Å². The van der Waals surface area contributed by atoms with Crippen molar-refractivity contribution in [2.45, 2.75) is 19.3 Å². The Bertz CT molecular complexity index is 375. The van der Waals surface area contributed by atoms with Crippen LogP contribution in [0.2, 0.25) is 0 Å². The van der Waals surface area contributed by atoms with E-state index in [1.54, 1.807) is 19.0 Å². The van der Waals surface area contributed by atoms with E-state index in [1.807, 2.05) is 4.90 Å². The summed E-state index contributed by atoms with van der Waals surface area (Å²) in [6.07, 6.45) is 2.38. The number of likely N-dealkylation sites (tertiary alicyclic amines) is 1. The van der Waals surface area contributed by atoms with Crippen LogP contribution in [0.3, 0.4) is 0 Å². The van der Waals surface area contributed by atoms with Gasteiger partial charge in [-0.15, -0.1) is 0 Å². The van der Waals surface area contributed by atoms with Gasteiger partial charge in [-0.3, -0.25) is 14.5 Å². The van der Waals surface area contributed by atoms with Gasteiger partial charge in [-0.05, 0) is 19.4 Å². The first-order valence-corrected chi connectivity index (χ1v) is 7.31. The third-order valence-corrected chi connectivity index (χ3v) is 3.81. The molecule has 1 saturated heterocycles. The fourth-order valence-electron chi connectivity index (χ4n) is 2.33. The molecule has 0 radical (unpaired) electrons. The standard InChI is InChI=1S/C13H24N4O2S/c1-15-13(19)10-4-3-6-17(8-10)9-12(18)16(2)7-5-11(14)20/h10H,3-9H2,1-2H3,(H2,14,20)(H,15,19). The number of hydrogen-bond acceptors (Lipinski definition) is 4. The Balaban J connectivity index is 2.41. The van der Waals surface area contributed by atoms with Crippen molar-refractivity contribution in [2.24, 2.45) is 11.7 Å². The molecule has 6 nitrogen and oxygen atoms in total. The van der Waals surface area contributed by atoms with Gasteiger partial charge < -0.3 is 16.0 Å². The number of rotatable bonds is 6. The third-order valence-electron chi connectivity index (χ3n) is 3.60. The first kappa shape index (κ1) is 16.8. The van der Waals surface area contributed by atoms with Crippen LogP contribution in [0, 0.1) is 5.92 Å². The highest BCUT2D eigenvalue weighted by Gasteiger charge is 2.26. The molecular weight excluding hydrogens is 276 g/mol. The molecular formula is C13H24N4O2S. The van der Waals surface area contributed by atoms with Crippen molar-refractivity contribution in [2.75, 3.05) is 40.3 Å². The summed E-state index contributed by atoms with van der Waals surface area (Å²) in [5, 5.41) is 2.67. The molecule has 114 valence electrons. The number of likely N-dealkylation sites (N-methyl/N-ethyl adjacent to an activating group) is 1. The lowest BCUT2D eigenvalue weighted by Crippen LogP contribution is -2.46. The van der Waals surface area contributed by atoms with Gasteiger partial charge in [-0.2, -0.15) is 0 Å². The first-order chi connectivity index (χ1) is 9.43. The minimum atomic E-state index is -0.0107. The summed E-state index contributed by atoms with van der Waals surface area (Å²) in [6, 6.07) is 0. The lowest BCUT2D eigenvalue weighted by atomic mass is 9.97. The van der Waals surface area contributed by atoms with Crippen LogP contribution in [0.4, 0.5) is 0 Å². The van der Waals surface area contributed by atoms with Gasteiger partial charge in [0.05, 0.1) is 17.5 Å². The Kier molecular flexibility index (Phi) is 6.87. The predicted molar refractivity (Wildman–Crippen MR) is 82.3 cm³/mol. The third kappa shape index (κ3) is 5.42. The van der Waals surface area contributed by atoms with Crippen molar-refractivity contribution >= 4 is 29.0 Å². The number of nitrogens with one attached hydrogen (secondary N) is 1. The van der Waals surface area contributed by atoms with Crippen molar-refractivity contribution < 1.29 is 9.59 Å². The molecule has 0 aromatic carbocycles. The molecule has 1 heterocycles. The lowest BCUT2D eigenvalue weighted by Gasteiger charge is -2.32. The Labute approximate surface area is 125 Å². The van der Waals surface area contributed by atoms with Crippen molar-refractivity contribution in [3.05, 3.63) is 0 Å². The molecule has 0 saturated carbocycles. The maximum Gasteiger partial charge on any atom is 0.236 e. The number of piperidine rings is 1. The number of amides is 2. The normalized spacial score (nSPS) is 19.4. The van der Waals surface area contributed by atoms with Crippen molar-refractivity contribution in [3.63, 3.8) is 0 Å². The second kappa shape index (κ2) is 8.16. The van der Waals surface area contributed by atoms with E-state index < -0.39 is 0 Å². The summed E-state index contributed by atoms with van der Waals surface area (Å²) in [5.41, 5.74) is 5.43. The summed E-state index contributed by atoms with van der Waals surface area (Å²) in [6.45, 7) is 2.40. The molecule has 1 aliphatic heterocycles. The second-order valence-electron chi connectivity index (χ2n) is 5.22. The summed E-state index contributed by atoms with van der Waals surface area (Å²) >= 11 is 4.80. The number of hydrogen-bond donors (Lipinski definition) is 2. The number of thiocarbonyl (C=S) groups is 1. The fourth-order valence-corrected chi connectivity index (χ4v) is 2.42. The highest BCUT2D eigenvalue weighted by Crippen LogP contribution is 2.16. The molecule has 1 unspecified atom stereocenters. The van der Waals surface area contributed by atoms with E-state index in [0.29, 0.717) is 31.0 Å². The predicted octanol–water partition coefficient (Wildman–Crippen LogP) is -0.421. The van der Waals surface area contributed by atoms with Crippen LogP contribution in [-0.2, 0) is 9.59 Å². The molecule has 7 heteroatoms. The minimum Gasteiger partial charge on any atom is -0.393 e. The molecule has 2 amide bonds. The first-order valence-electron chi connectivity index (χ1n) is 6.90. The zero-order valence-corrected chi connectivity index (χ0v) is 13.0. The number of carbonyl (C=O) groups excluding carboxylic acids is 2. The van der Waals surface area contributed by atoms with Crippen molar-refractivity contribution in [1.82, 2.24) is 15.1 Å². The molecule has 3 N–H and O–H groups in total. The van der Waals surface area contributed by atoms with Gasteiger partial charge in [0.15, 0.2) is 0 Å². The zero-order valence-electron chi connectivity index (χ0n) is 12.2. The van der Waals surface area contributed by atoms with Crippen LogP contribution >= 0.6 is 12.2 Å². The molecule has 1 rings (SSSR count). The summed E-state index contributed by atoms with van der Waals surface area (Å²) in [7, 11) is 3.40. The Hall–Kier alpha value is -1.21. The van der Waals surface area contributed by atoms with Crippen LogP contribution in [0.5, 0.6) is 0 Å². The van der Waals surface area contributed by atoms with Gasteiger partial charge in [0.1, 0.15) is 0 Å². The Morgan fingerprint density at radius 1 is 1.50 bits per heavy atom. The van der Waals surface area contributed by atoms with E-state index in [1.165, 1.54) is 0 Å². The van der Waals surface area contributed by atoms with Gasteiger partial charge in [0, 0.05) is 33.6 Å². The smallest absolute Gasteiger partial charge is 0.236 e. The second-order valence-corrected chi connectivity index (χ2v) is 5.74. The molecule has 0 aliphatic carbocycles. The monoisotopic (exact) mass is 300 g/mol. The van der Waals surface area contributed by atoms with E-state index in [9.17, 15) is 9.59 Å². The minimum absolute atomic E-state index is 0.0107. The van der Waals surface area contributed by atoms with Crippen LogP contribution in [0.15, 0.2) is 0 Å². The highest BCUT2D eigenvalue weighted by molar-refractivity contribution is 7.80. The molecule has 1 fully saturated rings. The molecule has 20 heavy (non-hydrogen) atoms. The lowest BCUT2D eigenvalue weighted by molar-refractivity contribution is -0.133. The Morgan fingerprint density at radius 2 is 2.20 bits per heavy atom. The Morgan fingerprint density at radius 3 is 2.80 bits per heavy atom. The SMILES string of the molecule is CNC(=O)C1CCCN(CC(=O)N(C)CCC(N)=S)C1. The molecule has 0 aromatic heterocycles.